The van der Waals surface area contributed by atoms with E-state index in [0.717, 1.165) is 89.8 Å². The van der Waals surface area contributed by atoms with Gasteiger partial charge in [-0.25, -0.2) is 0 Å². The molecular weight excluding hydrogens is 820 g/mol. The standard InChI is InChI=1S/C60H46Cl2N2/c1-43-26-36-59(57(61)38-43)63(51-22-11-5-12-23-51)53-32-28-45(29-33-53)40-55(47-16-7-3-8-17-47)49-20-15-21-50(42-49)56(48-18-9-4-10-19-48)41-46-30-34-54(35-31-46)64(52-24-13-6-14-25-52)60-37-27-44(2)39-58(60)62/h3-42H,1-2H3/b55-40+,56-41+. The summed E-state index contributed by atoms with van der Waals surface area (Å²) in [5, 5.41) is 1.41. The van der Waals surface area contributed by atoms with Crippen LogP contribution in [0.1, 0.15) is 44.5 Å². The Kier molecular flexibility index (Phi) is 12.7. The number of para-hydroxylation sites is 2. The third-order valence-corrected chi connectivity index (χ3v) is 11.9. The molecule has 9 rings (SSSR count). The molecule has 9 aromatic carbocycles. The zero-order valence-corrected chi connectivity index (χ0v) is 37.3. The minimum absolute atomic E-state index is 0.707. The molecule has 0 radical (unpaired) electrons. The van der Waals surface area contributed by atoms with Gasteiger partial charge < -0.3 is 9.80 Å². The molecule has 9 aromatic rings. The Hall–Kier alpha value is -7.36. The molecule has 0 aliphatic heterocycles. The van der Waals surface area contributed by atoms with Crippen LogP contribution in [-0.4, -0.2) is 0 Å². The molecule has 0 saturated carbocycles. The number of rotatable bonds is 12. The molecule has 4 heteroatoms. The highest BCUT2D eigenvalue weighted by molar-refractivity contribution is 6.34. The van der Waals surface area contributed by atoms with E-state index in [9.17, 15) is 0 Å². The van der Waals surface area contributed by atoms with Crippen molar-refractivity contribution in [1.29, 1.82) is 0 Å². The van der Waals surface area contributed by atoms with Crippen LogP contribution in [0.2, 0.25) is 10.0 Å². The quantitative estimate of drug-likeness (QED) is 0.113. The summed E-state index contributed by atoms with van der Waals surface area (Å²) < 4.78 is 0. The monoisotopic (exact) mass is 864 g/mol. The van der Waals surface area contributed by atoms with Crippen LogP contribution in [0.25, 0.3) is 23.3 Å². The molecule has 0 N–H and O–H groups in total. The number of anilines is 6. The molecule has 0 spiro atoms. The molecule has 0 heterocycles. The lowest BCUT2D eigenvalue weighted by Crippen LogP contribution is -2.10. The number of nitrogens with zero attached hydrogens (tertiary/aromatic N) is 2. The van der Waals surface area contributed by atoms with Crippen molar-refractivity contribution in [2.45, 2.75) is 13.8 Å². The van der Waals surface area contributed by atoms with Crippen molar-refractivity contribution in [3.8, 4) is 0 Å². The summed E-state index contributed by atoms with van der Waals surface area (Å²) in [5.41, 5.74) is 17.2. The SMILES string of the molecule is Cc1ccc(N(c2ccccc2)c2ccc(/C=C(\c3ccccc3)c3cccc(/C(=C/c4ccc(N(c5ccccc5)c5ccc(C)cc5Cl)cc4)c4ccccc4)c3)cc2)c(Cl)c1. The molecule has 0 aliphatic rings. The molecule has 0 unspecified atom stereocenters. The maximum atomic E-state index is 6.89. The smallest absolute Gasteiger partial charge is 0.0649 e. The Morgan fingerprint density at radius 3 is 1.02 bits per heavy atom. The predicted octanol–water partition coefficient (Wildman–Crippen LogP) is 17.7. The van der Waals surface area contributed by atoms with E-state index in [4.69, 9.17) is 23.2 Å². The van der Waals surface area contributed by atoms with Crippen molar-refractivity contribution in [2.24, 2.45) is 0 Å². The van der Waals surface area contributed by atoms with Crippen LogP contribution in [0.5, 0.6) is 0 Å². The van der Waals surface area contributed by atoms with E-state index in [0.29, 0.717) is 10.0 Å². The normalized spacial score (nSPS) is 11.6. The second kappa shape index (κ2) is 19.4. The Balaban J connectivity index is 1.09. The minimum atomic E-state index is 0.707. The zero-order chi connectivity index (χ0) is 43.8. The van der Waals surface area contributed by atoms with Crippen LogP contribution in [-0.2, 0) is 0 Å². The third kappa shape index (κ3) is 9.50. The van der Waals surface area contributed by atoms with E-state index in [1.54, 1.807) is 0 Å². The Labute approximate surface area is 387 Å². The van der Waals surface area contributed by atoms with Crippen LogP contribution in [0.4, 0.5) is 34.1 Å². The maximum absolute atomic E-state index is 6.89. The van der Waals surface area contributed by atoms with Gasteiger partial charge in [-0.2, -0.15) is 0 Å². The summed E-state index contributed by atoms with van der Waals surface area (Å²) in [5.74, 6) is 0. The first-order valence-electron chi connectivity index (χ1n) is 21.5. The fourth-order valence-electron chi connectivity index (χ4n) is 8.12. The third-order valence-electron chi connectivity index (χ3n) is 11.3. The van der Waals surface area contributed by atoms with Gasteiger partial charge in [-0.1, -0.05) is 175 Å². The lowest BCUT2D eigenvalue weighted by molar-refractivity contribution is 1.27. The van der Waals surface area contributed by atoms with E-state index in [1.165, 1.54) is 0 Å². The lowest BCUT2D eigenvalue weighted by atomic mass is 9.90. The highest BCUT2D eigenvalue weighted by Gasteiger charge is 2.18. The molecule has 0 fully saturated rings. The van der Waals surface area contributed by atoms with Gasteiger partial charge in [-0.3, -0.25) is 0 Å². The van der Waals surface area contributed by atoms with Crippen molar-refractivity contribution >= 4 is 80.6 Å². The summed E-state index contributed by atoms with van der Waals surface area (Å²) >= 11 is 13.8. The largest absolute Gasteiger partial charge is 0.309 e. The average Bonchev–Trinajstić information content (AvgIpc) is 3.34. The molecule has 0 bridgehead atoms. The fraction of sp³-hybridized carbons (Fsp3) is 0.0333. The van der Waals surface area contributed by atoms with Crippen molar-refractivity contribution in [2.75, 3.05) is 9.80 Å². The van der Waals surface area contributed by atoms with Gasteiger partial charge in [0, 0.05) is 22.7 Å². The molecular formula is C60H46Cl2N2. The van der Waals surface area contributed by atoms with Gasteiger partial charge in [0.25, 0.3) is 0 Å². The second-order valence-corrected chi connectivity index (χ2v) is 16.7. The summed E-state index contributed by atoms with van der Waals surface area (Å²) in [7, 11) is 0. The van der Waals surface area contributed by atoms with Gasteiger partial charge in [0.15, 0.2) is 0 Å². The highest BCUT2D eigenvalue weighted by atomic mass is 35.5. The topological polar surface area (TPSA) is 6.48 Å². The predicted molar refractivity (Wildman–Crippen MR) is 275 cm³/mol. The number of halogens is 2. The maximum Gasteiger partial charge on any atom is 0.0649 e. The van der Waals surface area contributed by atoms with Crippen LogP contribution in [0.3, 0.4) is 0 Å². The van der Waals surface area contributed by atoms with Crippen molar-refractivity contribution < 1.29 is 0 Å². The number of hydrogen-bond acceptors (Lipinski definition) is 2. The van der Waals surface area contributed by atoms with Crippen LogP contribution in [0.15, 0.2) is 231 Å². The lowest BCUT2D eigenvalue weighted by Gasteiger charge is -2.26. The zero-order valence-electron chi connectivity index (χ0n) is 35.7. The van der Waals surface area contributed by atoms with E-state index >= 15 is 0 Å². The van der Waals surface area contributed by atoms with Gasteiger partial charge in [0.05, 0.1) is 21.4 Å². The van der Waals surface area contributed by atoms with Crippen molar-refractivity contribution in [3.63, 3.8) is 0 Å². The summed E-state index contributed by atoms with van der Waals surface area (Å²) in [6.45, 7) is 4.12. The average molecular weight is 866 g/mol. The van der Waals surface area contributed by atoms with Crippen LogP contribution >= 0.6 is 23.2 Å². The fourth-order valence-corrected chi connectivity index (χ4v) is 8.76. The van der Waals surface area contributed by atoms with Gasteiger partial charge in [-0.15, -0.1) is 0 Å². The summed E-state index contributed by atoms with van der Waals surface area (Å²) in [6, 6.07) is 80.7. The molecule has 0 aromatic heterocycles. The van der Waals surface area contributed by atoms with Crippen molar-refractivity contribution in [1.82, 2.24) is 0 Å². The molecule has 0 aliphatic carbocycles. The summed E-state index contributed by atoms with van der Waals surface area (Å²) in [4.78, 5) is 4.42. The Morgan fingerprint density at radius 2 is 0.656 bits per heavy atom. The molecule has 64 heavy (non-hydrogen) atoms. The number of hydrogen-bond donors (Lipinski definition) is 0. The Morgan fingerprint density at radius 1 is 0.328 bits per heavy atom. The first-order valence-corrected chi connectivity index (χ1v) is 22.2. The van der Waals surface area contributed by atoms with Gasteiger partial charge in [0.2, 0.25) is 0 Å². The first-order chi connectivity index (χ1) is 31.4. The van der Waals surface area contributed by atoms with Gasteiger partial charge in [0.1, 0.15) is 0 Å². The number of benzene rings is 9. The molecule has 0 saturated heterocycles. The van der Waals surface area contributed by atoms with Crippen LogP contribution in [0, 0.1) is 13.8 Å². The number of aryl methyl sites for hydroxylation is 2. The minimum Gasteiger partial charge on any atom is -0.309 e. The molecule has 0 amide bonds. The first kappa shape index (κ1) is 42.0. The van der Waals surface area contributed by atoms with Gasteiger partial charge >= 0.3 is 0 Å². The van der Waals surface area contributed by atoms with Crippen molar-refractivity contribution in [3.05, 3.63) is 285 Å². The Bertz CT molecular complexity index is 2850. The molecule has 2 nitrogen and oxygen atoms in total. The van der Waals surface area contributed by atoms with E-state index < -0.39 is 0 Å². The molecule has 310 valence electrons. The molecule has 0 atom stereocenters. The second-order valence-electron chi connectivity index (χ2n) is 15.9. The van der Waals surface area contributed by atoms with Crippen LogP contribution < -0.4 is 9.80 Å². The summed E-state index contributed by atoms with van der Waals surface area (Å²) in [6.07, 6.45) is 4.57. The van der Waals surface area contributed by atoms with Gasteiger partial charge in [-0.05, 0) is 161 Å². The van der Waals surface area contributed by atoms with E-state index in [2.05, 4.69) is 242 Å². The van der Waals surface area contributed by atoms with E-state index in [1.807, 2.05) is 24.3 Å². The highest BCUT2D eigenvalue weighted by Crippen LogP contribution is 2.41. The van der Waals surface area contributed by atoms with E-state index in [-0.39, 0.29) is 0 Å².